The lowest BCUT2D eigenvalue weighted by Crippen LogP contribution is -2.57. The molecule has 3 rings (SSSR count). The molecule has 1 aromatic rings. The van der Waals surface area contributed by atoms with Gasteiger partial charge in [-0.25, -0.2) is 0 Å². The predicted octanol–water partition coefficient (Wildman–Crippen LogP) is 1.79. The van der Waals surface area contributed by atoms with Crippen LogP contribution in [-0.4, -0.2) is 50.2 Å². The third kappa shape index (κ3) is 2.77. The fourth-order valence-electron chi connectivity index (χ4n) is 3.01. The SMILES string of the molecule is Cc1ccc(N2CCCN(C3CNC3)CC2)cc1C. The molecule has 2 fully saturated rings. The highest BCUT2D eigenvalue weighted by molar-refractivity contribution is 5.50. The minimum absolute atomic E-state index is 0.791. The maximum Gasteiger partial charge on any atom is 0.0369 e. The first-order valence-electron chi connectivity index (χ1n) is 7.51. The molecule has 19 heavy (non-hydrogen) atoms. The van der Waals surface area contributed by atoms with Crippen LogP contribution in [0.15, 0.2) is 18.2 Å². The van der Waals surface area contributed by atoms with Crippen LogP contribution in [0.2, 0.25) is 0 Å². The van der Waals surface area contributed by atoms with Gasteiger partial charge in [0.1, 0.15) is 0 Å². The van der Waals surface area contributed by atoms with Crippen molar-refractivity contribution < 1.29 is 0 Å². The molecule has 3 nitrogen and oxygen atoms in total. The fraction of sp³-hybridized carbons (Fsp3) is 0.625. The van der Waals surface area contributed by atoms with Crippen molar-refractivity contribution in [1.82, 2.24) is 10.2 Å². The molecule has 3 heteroatoms. The summed E-state index contributed by atoms with van der Waals surface area (Å²) in [5.74, 6) is 0. The average Bonchev–Trinajstić information content (AvgIpc) is 2.57. The van der Waals surface area contributed by atoms with Crippen LogP contribution < -0.4 is 10.2 Å². The molecule has 0 aromatic heterocycles. The van der Waals surface area contributed by atoms with E-state index >= 15 is 0 Å². The van der Waals surface area contributed by atoms with Crippen molar-refractivity contribution in [2.45, 2.75) is 26.3 Å². The summed E-state index contributed by atoms with van der Waals surface area (Å²) in [5, 5.41) is 3.38. The Morgan fingerprint density at radius 3 is 2.53 bits per heavy atom. The molecule has 2 heterocycles. The van der Waals surface area contributed by atoms with Crippen molar-refractivity contribution in [3.8, 4) is 0 Å². The Morgan fingerprint density at radius 1 is 1.00 bits per heavy atom. The van der Waals surface area contributed by atoms with E-state index in [-0.39, 0.29) is 0 Å². The molecule has 1 aromatic carbocycles. The van der Waals surface area contributed by atoms with Crippen molar-refractivity contribution in [2.75, 3.05) is 44.2 Å². The second-order valence-corrected chi connectivity index (χ2v) is 5.96. The number of rotatable bonds is 2. The van der Waals surface area contributed by atoms with Gasteiger partial charge < -0.3 is 10.2 Å². The minimum atomic E-state index is 0.791. The summed E-state index contributed by atoms with van der Waals surface area (Å²) in [6.07, 6.45) is 1.28. The molecule has 2 saturated heterocycles. The number of hydrogen-bond acceptors (Lipinski definition) is 3. The molecule has 104 valence electrons. The highest BCUT2D eigenvalue weighted by atomic mass is 15.3. The number of nitrogens with one attached hydrogen (secondary N) is 1. The zero-order valence-electron chi connectivity index (χ0n) is 12.2. The first-order valence-corrected chi connectivity index (χ1v) is 7.51. The van der Waals surface area contributed by atoms with Gasteiger partial charge in [-0.3, -0.25) is 4.90 Å². The zero-order chi connectivity index (χ0) is 13.2. The van der Waals surface area contributed by atoms with Crippen LogP contribution in [0, 0.1) is 13.8 Å². The molecular weight excluding hydrogens is 234 g/mol. The summed E-state index contributed by atoms with van der Waals surface area (Å²) >= 11 is 0. The topological polar surface area (TPSA) is 18.5 Å². The number of nitrogens with zero attached hydrogens (tertiary/aromatic N) is 2. The molecule has 0 atom stereocenters. The van der Waals surface area contributed by atoms with Crippen LogP contribution in [-0.2, 0) is 0 Å². The van der Waals surface area contributed by atoms with Gasteiger partial charge in [0.25, 0.3) is 0 Å². The minimum Gasteiger partial charge on any atom is -0.370 e. The Hall–Kier alpha value is -1.06. The number of hydrogen-bond donors (Lipinski definition) is 1. The first kappa shape index (κ1) is 12.9. The highest BCUT2D eigenvalue weighted by Crippen LogP contribution is 2.21. The molecule has 0 radical (unpaired) electrons. The molecule has 1 N–H and O–H groups in total. The van der Waals surface area contributed by atoms with E-state index < -0.39 is 0 Å². The second kappa shape index (κ2) is 5.51. The van der Waals surface area contributed by atoms with Crippen LogP contribution in [0.1, 0.15) is 17.5 Å². The number of aryl methyl sites for hydroxylation is 2. The van der Waals surface area contributed by atoms with E-state index in [1.807, 2.05) is 0 Å². The molecule has 0 amide bonds. The van der Waals surface area contributed by atoms with E-state index in [0.717, 1.165) is 6.04 Å². The molecular formula is C16H25N3. The van der Waals surface area contributed by atoms with Crippen molar-refractivity contribution in [3.63, 3.8) is 0 Å². The lowest BCUT2D eigenvalue weighted by molar-refractivity contribution is 0.155. The largest absolute Gasteiger partial charge is 0.370 e. The Labute approximate surface area is 116 Å². The van der Waals surface area contributed by atoms with E-state index in [1.54, 1.807) is 0 Å². The number of anilines is 1. The maximum absolute atomic E-state index is 3.38. The van der Waals surface area contributed by atoms with Crippen LogP contribution in [0.4, 0.5) is 5.69 Å². The van der Waals surface area contributed by atoms with Crippen LogP contribution in [0.25, 0.3) is 0 Å². The van der Waals surface area contributed by atoms with Crippen LogP contribution in [0.3, 0.4) is 0 Å². The van der Waals surface area contributed by atoms with Gasteiger partial charge >= 0.3 is 0 Å². The molecule has 0 unspecified atom stereocenters. The van der Waals surface area contributed by atoms with Gasteiger partial charge in [0.15, 0.2) is 0 Å². The van der Waals surface area contributed by atoms with Gasteiger partial charge in [-0.2, -0.15) is 0 Å². The van der Waals surface area contributed by atoms with E-state index in [0.29, 0.717) is 0 Å². The second-order valence-electron chi connectivity index (χ2n) is 5.96. The standard InChI is InChI=1S/C16H25N3/c1-13-4-5-15(10-14(13)2)18-6-3-7-19(9-8-18)16-11-17-12-16/h4-5,10,16-17H,3,6-9,11-12H2,1-2H3. The predicted molar refractivity (Wildman–Crippen MR) is 81.0 cm³/mol. The normalized spacial score (nSPS) is 22.1. The Balaban J connectivity index is 1.66. The van der Waals surface area contributed by atoms with Gasteiger partial charge in [-0.1, -0.05) is 6.07 Å². The average molecular weight is 259 g/mol. The fourth-order valence-corrected chi connectivity index (χ4v) is 3.01. The van der Waals surface area contributed by atoms with Gasteiger partial charge in [0.2, 0.25) is 0 Å². The Kier molecular flexibility index (Phi) is 3.76. The van der Waals surface area contributed by atoms with E-state index in [2.05, 4.69) is 47.2 Å². The Morgan fingerprint density at radius 2 is 1.84 bits per heavy atom. The summed E-state index contributed by atoms with van der Waals surface area (Å²) in [6.45, 7) is 11.6. The quantitative estimate of drug-likeness (QED) is 0.873. The van der Waals surface area contributed by atoms with Gasteiger partial charge in [0, 0.05) is 51.0 Å². The van der Waals surface area contributed by atoms with E-state index in [1.165, 1.54) is 62.5 Å². The lowest BCUT2D eigenvalue weighted by Gasteiger charge is -2.37. The molecule has 0 bridgehead atoms. The van der Waals surface area contributed by atoms with Crippen molar-refractivity contribution in [2.24, 2.45) is 0 Å². The third-order valence-corrected chi connectivity index (χ3v) is 4.66. The van der Waals surface area contributed by atoms with Crippen molar-refractivity contribution >= 4 is 5.69 Å². The third-order valence-electron chi connectivity index (χ3n) is 4.66. The van der Waals surface area contributed by atoms with Crippen LogP contribution in [0.5, 0.6) is 0 Å². The van der Waals surface area contributed by atoms with Gasteiger partial charge in [0.05, 0.1) is 0 Å². The molecule has 0 spiro atoms. The molecule has 0 aliphatic carbocycles. The first-order chi connectivity index (χ1) is 9.24. The molecule has 0 saturated carbocycles. The summed E-state index contributed by atoms with van der Waals surface area (Å²) < 4.78 is 0. The van der Waals surface area contributed by atoms with Gasteiger partial charge in [-0.05, 0) is 43.5 Å². The molecule has 2 aliphatic rings. The summed E-state index contributed by atoms with van der Waals surface area (Å²) in [5.41, 5.74) is 4.19. The van der Waals surface area contributed by atoms with E-state index in [9.17, 15) is 0 Å². The summed E-state index contributed by atoms with van der Waals surface area (Å²) in [6, 6.07) is 7.67. The van der Waals surface area contributed by atoms with E-state index in [4.69, 9.17) is 0 Å². The smallest absolute Gasteiger partial charge is 0.0369 e. The highest BCUT2D eigenvalue weighted by Gasteiger charge is 2.26. The van der Waals surface area contributed by atoms with Crippen LogP contribution >= 0.6 is 0 Å². The Bertz CT molecular complexity index is 440. The lowest BCUT2D eigenvalue weighted by atomic mass is 10.1. The molecule has 2 aliphatic heterocycles. The zero-order valence-corrected chi connectivity index (χ0v) is 12.2. The maximum atomic E-state index is 3.38. The summed E-state index contributed by atoms with van der Waals surface area (Å²) in [4.78, 5) is 5.22. The number of benzene rings is 1. The summed E-state index contributed by atoms with van der Waals surface area (Å²) in [7, 11) is 0. The van der Waals surface area contributed by atoms with Crippen molar-refractivity contribution in [3.05, 3.63) is 29.3 Å². The monoisotopic (exact) mass is 259 g/mol. The van der Waals surface area contributed by atoms with Gasteiger partial charge in [-0.15, -0.1) is 0 Å². The van der Waals surface area contributed by atoms with Crippen molar-refractivity contribution in [1.29, 1.82) is 0 Å².